The molecule has 0 saturated carbocycles. The lowest BCUT2D eigenvalue weighted by Gasteiger charge is -2.40. The molecule has 4 N–H and O–H groups in total. The molecule has 0 radical (unpaired) electrons. The maximum atomic E-state index is 13.8. The Morgan fingerprint density at radius 1 is 0.724 bits per heavy atom. The molecule has 14 nitrogen and oxygen atoms in total. The molecule has 0 bridgehead atoms. The Morgan fingerprint density at radius 2 is 1.31 bits per heavy atom. The summed E-state index contributed by atoms with van der Waals surface area (Å²) in [5.74, 6) is 1.37. The number of piperidine rings is 1. The molecule has 5 atom stereocenters. The van der Waals surface area contributed by atoms with Crippen molar-refractivity contribution < 1.29 is 28.7 Å². The second-order valence-electron chi connectivity index (χ2n) is 16.4. The van der Waals surface area contributed by atoms with Gasteiger partial charge in [0.25, 0.3) is 0 Å². The standard InChI is InChI=1S/C44H54N8O6/c1-24(2)37(49-43(55)57-6)41(53)51-17-8-9-35(51)40-46-32-15-14-30(22-33(32)47-40)28-10-11-29-21-31(13-12-27(29)20-28)34-23-45-39(48-34)36-19-26(5)16-18-52(36)42(54)38(25(3)4)50-44(56)58-7/h10-15,20-26,35-38H,8-9,16-19H2,1-7H3,(H,45,48)(H,46,47)(H,49,55)(H,50,56)/t26-,35-,36-,37?,38?/m0/s1. The fourth-order valence-corrected chi connectivity index (χ4v) is 8.34. The van der Waals surface area contributed by atoms with Crippen LogP contribution in [-0.4, -0.2) is 93.1 Å². The van der Waals surface area contributed by atoms with Gasteiger partial charge in [0.15, 0.2) is 0 Å². The average molecular weight is 791 g/mol. The van der Waals surface area contributed by atoms with Crippen molar-refractivity contribution in [1.29, 1.82) is 0 Å². The highest BCUT2D eigenvalue weighted by Gasteiger charge is 2.39. The first-order valence-electron chi connectivity index (χ1n) is 20.2. The number of alkyl carbamates (subject to hydrolysis) is 2. The first kappa shape index (κ1) is 40.3. The number of aromatic nitrogens is 4. The lowest BCUT2D eigenvalue weighted by molar-refractivity contribution is -0.139. The van der Waals surface area contributed by atoms with Crippen molar-refractivity contribution in [1.82, 2.24) is 40.4 Å². The van der Waals surface area contributed by atoms with Crippen LogP contribution in [-0.2, 0) is 19.1 Å². The summed E-state index contributed by atoms with van der Waals surface area (Å²) in [7, 11) is 2.59. The van der Waals surface area contributed by atoms with Gasteiger partial charge in [-0.3, -0.25) is 9.59 Å². The summed E-state index contributed by atoms with van der Waals surface area (Å²) in [6.07, 6.45) is 3.91. The van der Waals surface area contributed by atoms with E-state index >= 15 is 0 Å². The molecule has 7 rings (SSSR count). The number of rotatable bonds is 10. The van der Waals surface area contributed by atoms with E-state index in [4.69, 9.17) is 19.4 Å². The zero-order valence-electron chi connectivity index (χ0n) is 34.3. The molecule has 2 fully saturated rings. The van der Waals surface area contributed by atoms with Crippen LogP contribution < -0.4 is 10.6 Å². The van der Waals surface area contributed by atoms with E-state index in [1.165, 1.54) is 14.2 Å². The van der Waals surface area contributed by atoms with E-state index in [0.717, 1.165) is 81.5 Å². The SMILES string of the molecule is COC(=O)NC(C(=O)N1CC[C@H](C)C[C@H]1c1nc(-c2ccc3cc(-c4ccc5[nH]c([C@@H]6CCCN6C(=O)C(NC(=O)OC)C(C)C)nc5c4)ccc3c2)c[nH]1)C(C)C. The van der Waals surface area contributed by atoms with E-state index in [9.17, 15) is 19.2 Å². The maximum Gasteiger partial charge on any atom is 0.407 e. The number of nitrogens with one attached hydrogen (secondary N) is 4. The quantitative estimate of drug-likeness (QED) is 0.113. The number of fused-ring (bicyclic) bond motifs is 2. The topological polar surface area (TPSA) is 175 Å². The van der Waals surface area contributed by atoms with Gasteiger partial charge in [-0.05, 0) is 89.6 Å². The van der Waals surface area contributed by atoms with E-state index < -0.39 is 24.3 Å². The van der Waals surface area contributed by atoms with Crippen LogP contribution in [0.25, 0.3) is 44.2 Å². The number of ether oxygens (including phenoxy) is 2. The minimum Gasteiger partial charge on any atom is -0.453 e. The molecular formula is C44H54N8O6. The molecule has 2 saturated heterocycles. The van der Waals surface area contributed by atoms with Crippen LogP contribution in [0.2, 0.25) is 0 Å². The summed E-state index contributed by atoms with van der Waals surface area (Å²) < 4.78 is 9.58. The number of nitrogens with zero attached hydrogens (tertiary/aromatic N) is 4. The predicted octanol–water partition coefficient (Wildman–Crippen LogP) is 7.50. The van der Waals surface area contributed by atoms with Gasteiger partial charge in [-0.2, -0.15) is 0 Å². The van der Waals surface area contributed by atoms with E-state index in [1.54, 1.807) is 0 Å². The number of hydrogen-bond donors (Lipinski definition) is 4. The van der Waals surface area contributed by atoms with Crippen molar-refractivity contribution in [2.24, 2.45) is 17.8 Å². The molecule has 0 spiro atoms. The van der Waals surface area contributed by atoms with Crippen LogP contribution >= 0.6 is 0 Å². The number of carbonyl (C=O) groups is 4. The number of aromatic amines is 2. The largest absolute Gasteiger partial charge is 0.453 e. The number of carbonyl (C=O) groups excluding carboxylic acids is 4. The molecule has 58 heavy (non-hydrogen) atoms. The molecule has 2 unspecified atom stereocenters. The van der Waals surface area contributed by atoms with E-state index in [2.05, 4.69) is 76.1 Å². The van der Waals surface area contributed by atoms with Crippen molar-refractivity contribution in [3.63, 3.8) is 0 Å². The molecule has 306 valence electrons. The first-order chi connectivity index (χ1) is 27.8. The van der Waals surface area contributed by atoms with Gasteiger partial charge in [0.1, 0.15) is 23.7 Å². The van der Waals surface area contributed by atoms with Crippen molar-refractivity contribution in [3.8, 4) is 22.4 Å². The van der Waals surface area contributed by atoms with Crippen molar-refractivity contribution in [2.75, 3.05) is 27.3 Å². The van der Waals surface area contributed by atoms with Gasteiger partial charge in [-0.15, -0.1) is 0 Å². The van der Waals surface area contributed by atoms with E-state index in [1.807, 2.05) is 49.8 Å². The Balaban J connectivity index is 1.09. The lowest BCUT2D eigenvalue weighted by Crippen LogP contribution is -2.53. The van der Waals surface area contributed by atoms with E-state index in [0.29, 0.717) is 19.0 Å². The lowest BCUT2D eigenvalue weighted by atomic mass is 9.90. The monoisotopic (exact) mass is 790 g/mol. The zero-order chi connectivity index (χ0) is 41.2. The number of imidazole rings is 2. The molecule has 2 aromatic heterocycles. The number of H-pyrrole nitrogens is 2. The first-order valence-corrected chi connectivity index (χ1v) is 20.2. The molecule has 4 amide bonds. The third-order valence-electron chi connectivity index (χ3n) is 11.7. The van der Waals surface area contributed by atoms with Crippen molar-refractivity contribution in [3.05, 3.63) is 72.4 Å². The predicted molar refractivity (Wildman–Crippen MR) is 221 cm³/mol. The highest BCUT2D eigenvalue weighted by Crippen LogP contribution is 2.37. The highest BCUT2D eigenvalue weighted by atomic mass is 16.5. The summed E-state index contributed by atoms with van der Waals surface area (Å²) >= 11 is 0. The summed E-state index contributed by atoms with van der Waals surface area (Å²) in [6, 6.07) is 17.0. The molecule has 2 aliphatic heterocycles. The molecule has 3 aromatic carbocycles. The smallest absolute Gasteiger partial charge is 0.407 e. The van der Waals surface area contributed by atoms with Gasteiger partial charge in [-0.25, -0.2) is 19.6 Å². The number of benzene rings is 3. The number of methoxy groups -OCH3 is 2. The fraction of sp³-hybridized carbons (Fsp3) is 0.455. The Hall–Kier alpha value is -5.92. The van der Waals surface area contributed by atoms with Gasteiger partial charge in [-0.1, -0.05) is 65.0 Å². The van der Waals surface area contributed by atoms with Crippen LogP contribution in [0, 0.1) is 17.8 Å². The number of amides is 4. The third kappa shape index (κ3) is 8.23. The summed E-state index contributed by atoms with van der Waals surface area (Å²) in [4.78, 5) is 72.1. The minimum atomic E-state index is -0.705. The van der Waals surface area contributed by atoms with Crippen LogP contribution in [0.15, 0.2) is 60.8 Å². The minimum absolute atomic E-state index is 0.110. The number of likely N-dealkylation sites (tertiary alicyclic amines) is 2. The molecule has 4 heterocycles. The Labute approximate surface area is 338 Å². The Bertz CT molecular complexity index is 2320. The van der Waals surface area contributed by atoms with Crippen LogP contribution in [0.1, 0.15) is 84.0 Å². The van der Waals surface area contributed by atoms with Crippen LogP contribution in [0.3, 0.4) is 0 Å². The van der Waals surface area contributed by atoms with Crippen molar-refractivity contribution >= 4 is 45.8 Å². The second-order valence-corrected chi connectivity index (χ2v) is 16.4. The molecule has 2 aliphatic rings. The fourth-order valence-electron chi connectivity index (χ4n) is 8.34. The summed E-state index contributed by atoms with van der Waals surface area (Å²) in [6.45, 7) is 11.0. The van der Waals surface area contributed by atoms with Crippen LogP contribution in [0.4, 0.5) is 9.59 Å². The molecule has 5 aromatic rings. The van der Waals surface area contributed by atoms with Gasteiger partial charge < -0.3 is 39.9 Å². The Kier molecular flexibility index (Phi) is 11.7. The molecular weight excluding hydrogens is 737 g/mol. The van der Waals surface area contributed by atoms with Crippen LogP contribution in [0.5, 0.6) is 0 Å². The van der Waals surface area contributed by atoms with E-state index in [-0.39, 0.29) is 35.7 Å². The third-order valence-corrected chi connectivity index (χ3v) is 11.7. The summed E-state index contributed by atoms with van der Waals surface area (Å²) in [5.41, 5.74) is 5.54. The summed E-state index contributed by atoms with van der Waals surface area (Å²) in [5, 5.41) is 7.59. The molecule has 14 heteroatoms. The zero-order valence-corrected chi connectivity index (χ0v) is 34.3. The van der Waals surface area contributed by atoms with Crippen molar-refractivity contribution in [2.45, 2.75) is 84.5 Å². The molecule has 0 aliphatic carbocycles. The normalized spacial score (nSPS) is 19.4. The number of hydrogen-bond acceptors (Lipinski definition) is 8. The second kappa shape index (κ2) is 16.9. The van der Waals surface area contributed by atoms with Gasteiger partial charge >= 0.3 is 12.2 Å². The van der Waals surface area contributed by atoms with Gasteiger partial charge in [0.2, 0.25) is 11.8 Å². The highest BCUT2D eigenvalue weighted by molar-refractivity contribution is 5.92. The average Bonchev–Trinajstić information content (AvgIpc) is 4.01. The van der Waals surface area contributed by atoms with Gasteiger partial charge in [0.05, 0.1) is 43.0 Å². The van der Waals surface area contributed by atoms with Gasteiger partial charge in [0, 0.05) is 24.8 Å². The maximum absolute atomic E-state index is 13.8. The Morgan fingerprint density at radius 3 is 1.95 bits per heavy atom.